The Morgan fingerprint density at radius 1 is 1.44 bits per heavy atom. The third-order valence-electron chi connectivity index (χ3n) is 2.84. The number of ketones is 1. The fraction of sp³-hybridized carbons (Fsp3) is 0.615. The van der Waals surface area contributed by atoms with Crippen LogP contribution in [0, 0.1) is 5.92 Å². The van der Waals surface area contributed by atoms with E-state index in [1.165, 1.54) is 0 Å². The molecule has 0 fully saturated rings. The molecule has 5 heteroatoms. The second-order valence-corrected chi connectivity index (χ2v) is 6.37. The SMILES string of the molecule is C=C(C(=O)C1=CC(C)CC1)P(=O)(OCC)OCC. The molecule has 0 heterocycles. The number of rotatable bonds is 7. The molecule has 1 atom stereocenters. The Morgan fingerprint density at radius 2 is 2.00 bits per heavy atom. The molecule has 1 unspecified atom stereocenters. The standard InChI is InChI=1S/C13H21O4P/c1-5-16-18(15,17-6-2)11(4)13(14)12-8-7-10(3)9-12/h9-10H,4-8H2,1-3H3. The maximum atomic E-state index is 12.4. The first-order chi connectivity index (χ1) is 8.44. The molecule has 0 N–H and O–H groups in total. The molecular weight excluding hydrogens is 251 g/mol. The van der Waals surface area contributed by atoms with Gasteiger partial charge in [-0.05, 0) is 38.2 Å². The van der Waals surface area contributed by atoms with Gasteiger partial charge in [0.25, 0.3) is 0 Å². The highest BCUT2D eigenvalue weighted by atomic mass is 31.2. The number of hydrogen-bond donors (Lipinski definition) is 0. The second kappa shape index (κ2) is 6.46. The Bertz CT molecular complexity index is 401. The van der Waals surface area contributed by atoms with Gasteiger partial charge in [-0.2, -0.15) is 0 Å². The molecule has 0 spiro atoms. The summed E-state index contributed by atoms with van der Waals surface area (Å²) in [6.07, 6.45) is 3.56. The van der Waals surface area contributed by atoms with Crippen molar-refractivity contribution in [2.75, 3.05) is 13.2 Å². The topological polar surface area (TPSA) is 52.6 Å². The molecule has 1 aliphatic carbocycles. The maximum Gasteiger partial charge on any atom is 0.364 e. The molecule has 0 aliphatic heterocycles. The van der Waals surface area contributed by atoms with E-state index in [2.05, 4.69) is 6.58 Å². The first kappa shape index (κ1) is 15.4. The van der Waals surface area contributed by atoms with Crippen LogP contribution in [-0.2, 0) is 18.4 Å². The largest absolute Gasteiger partial charge is 0.364 e. The number of Topliss-reactive ketones (excluding diaryl/α,β-unsaturated/α-hetero) is 1. The van der Waals surface area contributed by atoms with Gasteiger partial charge in [-0.3, -0.25) is 9.36 Å². The minimum Gasteiger partial charge on any atom is -0.305 e. The quantitative estimate of drug-likeness (QED) is 0.524. The Hall–Kier alpha value is -0.700. The lowest BCUT2D eigenvalue weighted by atomic mass is 10.1. The average molecular weight is 272 g/mol. The highest BCUT2D eigenvalue weighted by Crippen LogP contribution is 2.56. The number of allylic oxidation sites excluding steroid dienone is 3. The summed E-state index contributed by atoms with van der Waals surface area (Å²) >= 11 is 0. The molecule has 0 bridgehead atoms. The van der Waals surface area contributed by atoms with Crippen LogP contribution in [0.2, 0.25) is 0 Å². The maximum absolute atomic E-state index is 12.4. The van der Waals surface area contributed by atoms with E-state index in [9.17, 15) is 9.36 Å². The predicted molar refractivity (Wildman–Crippen MR) is 71.5 cm³/mol. The summed E-state index contributed by atoms with van der Waals surface area (Å²) in [5.41, 5.74) is 0.673. The summed E-state index contributed by atoms with van der Waals surface area (Å²) in [7, 11) is -3.52. The molecule has 0 saturated carbocycles. The minimum atomic E-state index is -3.52. The Morgan fingerprint density at radius 3 is 2.39 bits per heavy atom. The van der Waals surface area contributed by atoms with Gasteiger partial charge >= 0.3 is 7.60 Å². The van der Waals surface area contributed by atoms with Gasteiger partial charge in [-0.1, -0.05) is 19.6 Å². The van der Waals surface area contributed by atoms with Crippen LogP contribution in [0.25, 0.3) is 0 Å². The highest BCUT2D eigenvalue weighted by Gasteiger charge is 2.35. The van der Waals surface area contributed by atoms with Crippen molar-refractivity contribution >= 4 is 13.4 Å². The van der Waals surface area contributed by atoms with E-state index in [1.807, 2.05) is 13.0 Å². The van der Waals surface area contributed by atoms with Crippen LogP contribution in [0.4, 0.5) is 0 Å². The van der Waals surface area contributed by atoms with Gasteiger partial charge in [-0.25, -0.2) is 0 Å². The van der Waals surface area contributed by atoms with Crippen molar-refractivity contribution in [2.24, 2.45) is 5.92 Å². The molecule has 4 nitrogen and oxygen atoms in total. The van der Waals surface area contributed by atoms with Crippen molar-refractivity contribution in [3.05, 3.63) is 23.5 Å². The van der Waals surface area contributed by atoms with Crippen LogP contribution in [0.1, 0.15) is 33.6 Å². The number of hydrogen-bond acceptors (Lipinski definition) is 4. The summed E-state index contributed by atoms with van der Waals surface area (Å²) in [6.45, 7) is 9.54. The van der Waals surface area contributed by atoms with Crippen LogP contribution < -0.4 is 0 Å². The third-order valence-corrected chi connectivity index (χ3v) is 4.90. The van der Waals surface area contributed by atoms with E-state index in [1.54, 1.807) is 13.8 Å². The molecule has 0 aromatic heterocycles. The molecule has 0 radical (unpaired) electrons. The van der Waals surface area contributed by atoms with Gasteiger partial charge in [0, 0.05) is 0 Å². The summed E-state index contributed by atoms with van der Waals surface area (Å²) in [6, 6.07) is 0. The molecule has 0 aromatic carbocycles. The van der Waals surface area contributed by atoms with Crippen molar-refractivity contribution in [2.45, 2.75) is 33.6 Å². The van der Waals surface area contributed by atoms with Crippen LogP contribution in [-0.4, -0.2) is 19.0 Å². The lowest BCUT2D eigenvalue weighted by molar-refractivity contribution is -0.111. The van der Waals surface area contributed by atoms with Crippen molar-refractivity contribution in [1.82, 2.24) is 0 Å². The van der Waals surface area contributed by atoms with E-state index in [-0.39, 0.29) is 24.3 Å². The van der Waals surface area contributed by atoms with Crippen molar-refractivity contribution in [3.63, 3.8) is 0 Å². The van der Waals surface area contributed by atoms with Crippen LogP contribution >= 0.6 is 7.60 Å². The number of carbonyl (C=O) groups excluding carboxylic acids is 1. The lowest BCUT2D eigenvalue weighted by Crippen LogP contribution is -2.08. The second-order valence-electron chi connectivity index (χ2n) is 4.32. The molecule has 102 valence electrons. The lowest BCUT2D eigenvalue weighted by Gasteiger charge is -2.18. The first-order valence-corrected chi connectivity index (χ1v) is 7.82. The van der Waals surface area contributed by atoms with Gasteiger partial charge in [0.2, 0.25) is 0 Å². The summed E-state index contributed by atoms with van der Waals surface area (Å²) < 4.78 is 22.7. The van der Waals surface area contributed by atoms with E-state index >= 15 is 0 Å². The van der Waals surface area contributed by atoms with E-state index in [4.69, 9.17) is 9.05 Å². The molecule has 0 amide bonds. The zero-order valence-corrected chi connectivity index (χ0v) is 12.2. The molecule has 18 heavy (non-hydrogen) atoms. The molecule has 0 saturated heterocycles. The zero-order valence-electron chi connectivity index (χ0n) is 11.3. The number of carbonyl (C=O) groups is 1. The molecular formula is C13H21O4P. The van der Waals surface area contributed by atoms with Gasteiger partial charge in [0.05, 0.1) is 13.2 Å². The van der Waals surface area contributed by atoms with Crippen molar-refractivity contribution in [3.8, 4) is 0 Å². The van der Waals surface area contributed by atoms with Crippen LogP contribution in [0.5, 0.6) is 0 Å². The minimum absolute atomic E-state index is 0.0495. The Kier molecular flexibility index (Phi) is 5.51. The van der Waals surface area contributed by atoms with Crippen LogP contribution in [0.3, 0.4) is 0 Å². The van der Waals surface area contributed by atoms with Gasteiger partial charge in [-0.15, -0.1) is 0 Å². The zero-order chi connectivity index (χ0) is 13.8. The average Bonchev–Trinajstić information content (AvgIpc) is 2.74. The normalized spacial score (nSPS) is 19.7. The fourth-order valence-corrected chi connectivity index (χ4v) is 3.38. The molecule has 0 aromatic rings. The van der Waals surface area contributed by atoms with Gasteiger partial charge in [0.1, 0.15) is 5.31 Å². The predicted octanol–water partition coefficient (Wildman–Crippen LogP) is 3.69. The van der Waals surface area contributed by atoms with Crippen molar-refractivity contribution in [1.29, 1.82) is 0 Å². The Balaban J connectivity index is 2.87. The highest BCUT2D eigenvalue weighted by molar-refractivity contribution is 7.60. The summed E-state index contributed by atoms with van der Waals surface area (Å²) in [5, 5.41) is -0.0495. The fourth-order valence-electron chi connectivity index (χ4n) is 1.93. The smallest absolute Gasteiger partial charge is 0.305 e. The monoisotopic (exact) mass is 272 g/mol. The third kappa shape index (κ3) is 3.41. The van der Waals surface area contributed by atoms with Crippen molar-refractivity contribution < 1.29 is 18.4 Å². The first-order valence-electron chi connectivity index (χ1n) is 6.28. The summed E-state index contributed by atoms with van der Waals surface area (Å²) in [4.78, 5) is 12.2. The van der Waals surface area contributed by atoms with Gasteiger partial charge < -0.3 is 9.05 Å². The van der Waals surface area contributed by atoms with E-state index in [0.717, 1.165) is 6.42 Å². The van der Waals surface area contributed by atoms with Crippen LogP contribution in [0.15, 0.2) is 23.5 Å². The van der Waals surface area contributed by atoms with Gasteiger partial charge in [0.15, 0.2) is 5.78 Å². The van der Waals surface area contributed by atoms with E-state index in [0.29, 0.717) is 17.9 Å². The summed E-state index contributed by atoms with van der Waals surface area (Å²) in [5.74, 6) is 0.0971. The molecule has 1 rings (SSSR count). The van der Waals surface area contributed by atoms with E-state index < -0.39 is 7.60 Å². The molecule has 1 aliphatic rings. The Labute approximate surface area is 109 Å².